The van der Waals surface area contributed by atoms with Crippen LogP contribution in [0, 0.1) is 5.92 Å². The van der Waals surface area contributed by atoms with Gasteiger partial charge in [0.05, 0.1) is 7.11 Å². The monoisotopic (exact) mass is 283 g/mol. The van der Waals surface area contributed by atoms with Gasteiger partial charge >= 0.3 is 5.97 Å². The molecule has 0 aromatic heterocycles. The molecule has 4 heteroatoms. The molecular weight excluding hydrogens is 254 g/mol. The number of carbonyl (C=O) groups is 2. The Morgan fingerprint density at radius 3 is 2.45 bits per heavy atom. The predicted octanol–water partition coefficient (Wildman–Crippen LogP) is 3.19. The minimum atomic E-state index is -0.882. The second kappa shape index (κ2) is 8.28. The first-order valence-electron chi connectivity index (χ1n) is 7.91. The Hall–Kier alpha value is -1.06. The largest absolute Gasteiger partial charge is 0.467 e. The summed E-state index contributed by atoms with van der Waals surface area (Å²) in [5.74, 6) is 0.298. The molecule has 1 aliphatic rings. The second-order valence-electron chi connectivity index (χ2n) is 6.16. The van der Waals surface area contributed by atoms with Crippen molar-refractivity contribution in [3.05, 3.63) is 0 Å². The number of amides is 1. The van der Waals surface area contributed by atoms with E-state index in [0.29, 0.717) is 18.8 Å². The molecule has 0 aromatic carbocycles. The zero-order valence-corrected chi connectivity index (χ0v) is 13.2. The number of methoxy groups -OCH3 is 1. The van der Waals surface area contributed by atoms with Gasteiger partial charge in [-0.3, -0.25) is 4.79 Å². The lowest BCUT2D eigenvalue weighted by molar-refractivity contribution is -0.150. The van der Waals surface area contributed by atoms with Gasteiger partial charge in [-0.15, -0.1) is 0 Å². The quantitative estimate of drug-likeness (QED) is 0.730. The molecule has 0 bridgehead atoms. The van der Waals surface area contributed by atoms with Gasteiger partial charge in [-0.2, -0.15) is 0 Å². The summed E-state index contributed by atoms with van der Waals surface area (Å²) in [6, 6.07) is 0. The molecule has 0 aromatic rings. The van der Waals surface area contributed by atoms with E-state index in [9.17, 15) is 9.59 Å². The highest BCUT2D eigenvalue weighted by atomic mass is 16.5. The molecule has 1 atom stereocenters. The Kier molecular flexibility index (Phi) is 7.03. The number of rotatable bonds is 7. The van der Waals surface area contributed by atoms with E-state index in [0.717, 1.165) is 12.8 Å². The summed E-state index contributed by atoms with van der Waals surface area (Å²) < 4.78 is 4.81. The van der Waals surface area contributed by atoms with E-state index in [1.54, 1.807) is 6.92 Å². The molecule has 1 N–H and O–H groups in total. The summed E-state index contributed by atoms with van der Waals surface area (Å²) in [6.45, 7) is 3.75. The summed E-state index contributed by atoms with van der Waals surface area (Å²) in [5, 5.41) is 2.87. The minimum absolute atomic E-state index is 0.0306. The number of hydrogen-bond acceptors (Lipinski definition) is 3. The van der Waals surface area contributed by atoms with Gasteiger partial charge in [0.2, 0.25) is 5.91 Å². The Bertz CT molecular complexity index is 324. The number of esters is 1. The number of nitrogens with one attached hydrogen (secondary N) is 1. The third-order valence-corrected chi connectivity index (χ3v) is 4.31. The molecule has 0 spiro atoms. The van der Waals surface area contributed by atoms with Crippen molar-refractivity contribution in [3.8, 4) is 0 Å². The van der Waals surface area contributed by atoms with E-state index in [2.05, 4.69) is 5.32 Å². The summed E-state index contributed by atoms with van der Waals surface area (Å²) >= 11 is 0. The van der Waals surface area contributed by atoms with Gasteiger partial charge in [-0.25, -0.2) is 4.79 Å². The lowest BCUT2D eigenvalue weighted by Gasteiger charge is -2.28. The number of carbonyl (C=O) groups excluding carboxylic acids is 2. The molecule has 1 aliphatic carbocycles. The van der Waals surface area contributed by atoms with Crippen LogP contribution in [0.15, 0.2) is 0 Å². The summed E-state index contributed by atoms with van der Waals surface area (Å²) in [6.07, 6.45) is 9.30. The van der Waals surface area contributed by atoms with Crippen LogP contribution in [0.2, 0.25) is 0 Å². The van der Waals surface area contributed by atoms with E-state index in [-0.39, 0.29) is 11.9 Å². The smallest absolute Gasteiger partial charge is 0.331 e. The van der Waals surface area contributed by atoms with Crippen LogP contribution in [0.3, 0.4) is 0 Å². The maximum absolute atomic E-state index is 12.1. The number of hydrogen-bond donors (Lipinski definition) is 1. The van der Waals surface area contributed by atoms with E-state index < -0.39 is 5.54 Å². The molecule has 0 aliphatic heterocycles. The fourth-order valence-corrected chi connectivity index (χ4v) is 3.12. The average Bonchev–Trinajstić information content (AvgIpc) is 2.45. The summed E-state index contributed by atoms with van der Waals surface area (Å²) in [4.78, 5) is 23.9. The Morgan fingerprint density at radius 2 is 1.90 bits per heavy atom. The Balaban J connectivity index is 2.43. The maximum atomic E-state index is 12.1. The van der Waals surface area contributed by atoms with E-state index in [4.69, 9.17) is 4.74 Å². The molecule has 1 fully saturated rings. The molecule has 1 amide bonds. The van der Waals surface area contributed by atoms with Gasteiger partial charge in [0, 0.05) is 6.42 Å². The molecule has 0 radical (unpaired) electrons. The first-order chi connectivity index (χ1) is 9.51. The average molecular weight is 283 g/mol. The highest BCUT2D eigenvalue weighted by Gasteiger charge is 2.34. The minimum Gasteiger partial charge on any atom is -0.467 e. The van der Waals surface area contributed by atoms with Crippen molar-refractivity contribution in [2.45, 2.75) is 77.2 Å². The van der Waals surface area contributed by atoms with Crippen LogP contribution in [0.4, 0.5) is 0 Å². The van der Waals surface area contributed by atoms with E-state index >= 15 is 0 Å². The molecule has 1 unspecified atom stereocenters. The lowest BCUT2D eigenvalue weighted by Crippen LogP contribution is -2.52. The van der Waals surface area contributed by atoms with Crippen molar-refractivity contribution in [1.82, 2.24) is 5.32 Å². The van der Waals surface area contributed by atoms with Crippen molar-refractivity contribution < 1.29 is 14.3 Å². The van der Waals surface area contributed by atoms with Crippen molar-refractivity contribution in [2.24, 2.45) is 5.92 Å². The van der Waals surface area contributed by atoms with Crippen molar-refractivity contribution in [2.75, 3.05) is 7.11 Å². The van der Waals surface area contributed by atoms with Gasteiger partial charge in [0.1, 0.15) is 5.54 Å². The third-order valence-electron chi connectivity index (χ3n) is 4.31. The fraction of sp³-hybridized carbons (Fsp3) is 0.875. The molecule has 4 nitrogen and oxygen atoms in total. The molecule has 1 saturated carbocycles. The van der Waals surface area contributed by atoms with Crippen LogP contribution in [-0.2, 0) is 14.3 Å². The highest BCUT2D eigenvalue weighted by Crippen LogP contribution is 2.27. The molecular formula is C16H29NO3. The Morgan fingerprint density at radius 1 is 1.25 bits per heavy atom. The zero-order valence-electron chi connectivity index (χ0n) is 13.2. The van der Waals surface area contributed by atoms with Crippen LogP contribution in [0.25, 0.3) is 0 Å². The standard InChI is InChI=1S/C16H29NO3/c1-4-12-16(2,15(19)20-3)17-14(18)11-10-13-8-6-5-7-9-13/h13H,4-12H2,1-3H3,(H,17,18). The van der Waals surface area contributed by atoms with Crippen molar-refractivity contribution in [3.63, 3.8) is 0 Å². The fourth-order valence-electron chi connectivity index (χ4n) is 3.12. The first kappa shape index (κ1) is 17.0. The lowest BCUT2D eigenvalue weighted by atomic mass is 9.86. The van der Waals surface area contributed by atoms with Gasteiger partial charge in [0.25, 0.3) is 0 Å². The van der Waals surface area contributed by atoms with Crippen LogP contribution in [0.1, 0.15) is 71.6 Å². The molecule has 20 heavy (non-hydrogen) atoms. The van der Waals surface area contributed by atoms with Crippen LogP contribution in [0.5, 0.6) is 0 Å². The van der Waals surface area contributed by atoms with E-state index in [1.807, 2.05) is 6.92 Å². The third kappa shape index (κ3) is 5.14. The Labute approximate surface area is 122 Å². The summed E-state index contributed by atoms with van der Waals surface area (Å²) in [5.41, 5.74) is -0.882. The normalized spacial score (nSPS) is 19.1. The second-order valence-corrected chi connectivity index (χ2v) is 6.16. The molecule has 0 heterocycles. The highest BCUT2D eigenvalue weighted by molar-refractivity contribution is 5.87. The van der Waals surface area contributed by atoms with Crippen molar-refractivity contribution >= 4 is 11.9 Å². The van der Waals surface area contributed by atoms with Crippen LogP contribution in [-0.4, -0.2) is 24.5 Å². The van der Waals surface area contributed by atoms with Gasteiger partial charge in [0.15, 0.2) is 0 Å². The van der Waals surface area contributed by atoms with Crippen molar-refractivity contribution in [1.29, 1.82) is 0 Å². The number of ether oxygens (including phenoxy) is 1. The summed E-state index contributed by atoms with van der Waals surface area (Å²) in [7, 11) is 1.37. The molecule has 0 saturated heterocycles. The maximum Gasteiger partial charge on any atom is 0.331 e. The van der Waals surface area contributed by atoms with Crippen LogP contribution >= 0.6 is 0 Å². The van der Waals surface area contributed by atoms with E-state index in [1.165, 1.54) is 39.2 Å². The van der Waals surface area contributed by atoms with Gasteiger partial charge in [-0.1, -0.05) is 45.4 Å². The topological polar surface area (TPSA) is 55.4 Å². The predicted molar refractivity (Wildman–Crippen MR) is 79.3 cm³/mol. The van der Waals surface area contributed by atoms with Crippen LogP contribution < -0.4 is 5.32 Å². The molecule has 116 valence electrons. The SMILES string of the molecule is CCCC(C)(NC(=O)CCC1CCCCC1)C(=O)OC. The van der Waals surface area contributed by atoms with Gasteiger partial charge in [-0.05, 0) is 25.7 Å². The zero-order chi connectivity index (χ0) is 15.0. The first-order valence-corrected chi connectivity index (χ1v) is 7.91. The molecule has 1 rings (SSSR count). The van der Waals surface area contributed by atoms with Gasteiger partial charge < -0.3 is 10.1 Å².